The summed E-state index contributed by atoms with van der Waals surface area (Å²) in [6.45, 7) is 1.66. The third kappa shape index (κ3) is 5.00. The van der Waals surface area contributed by atoms with Crippen LogP contribution in [0.3, 0.4) is 0 Å². The number of nitrogens with one attached hydrogen (secondary N) is 1. The first-order valence-electron chi connectivity index (χ1n) is 7.49. The zero-order valence-electron chi connectivity index (χ0n) is 13.8. The van der Waals surface area contributed by atoms with Gasteiger partial charge in [-0.3, -0.25) is 4.79 Å². The third-order valence-corrected chi connectivity index (χ3v) is 3.37. The van der Waals surface area contributed by atoms with Gasteiger partial charge in [0.1, 0.15) is 11.3 Å². The van der Waals surface area contributed by atoms with Gasteiger partial charge in [0.15, 0.2) is 11.6 Å². The van der Waals surface area contributed by atoms with E-state index in [1.54, 1.807) is 6.07 Å². The number of carbonyl (C=O) groups excluding carboxylic acids is 2. The molecule has 0 spiro atoms. The Morgan fingerprint density at radius 2 is 1.84 bits per heavy atom. The number of halogens is 2. The number of ether oxygens (including phenoxy) is 2. The Kier molecular flexibility index (Phi) is 6.05. The summed E-state index contributed by atoms with van der Waals surface area (Å²) in [6, 6.07) is 8.33. The fourth-order valence-electron chi connectivity index (χ4n) is 2.20. The minimum absolute atomic E-state index is 0.102. The largest absolute Gasteiger partial charge is 0.465 e. The van der Waals surface area contributed by atoms with Crippen LogP contribution < -0.4 is 10.1 Å². The van der Waals surface area contributed by atoms with Crippen LogP contribution in [0, 0.1) is 11.6 Å². The predicted octanol–water partition coefficient (Wildman–Crippen LogP) is 3.33. The second-order valence-electron chi connectivity index (χ2n) is 5.22. The van der Waals surface area contributed by atoms with Crippen molar-refractivity contribution < 1.29 is 27.8 Å². The van der Waals surface area contributed by atoms with Gasteiger partial charge >= 0.3 is 11.9 Å². The number of methoxy groups -OCH3 is 1. The molecular formula is C18H17F2NO4. The summed E-state index contributed by atoms with van der Waals surface area (Å²) < 4.78 is 35.7. The van der Waals surface area contributed by atoms with Gasteiger partial charge in [-0.05, 0) is 42.3 Å². The summed E-state index contributed by atoms with van der Waals surface area (Å²) in [4.78, 5) is 22.9. The summed E-state index contributed by atoms with van der Waals surface area (Å²) in [5, 5.41) is 3.06. The lowest BCUT2D eigenvalue weighted by molar-refractivity contribution is -0.131. The summed E-state index contributed by atoms with van der Waals surface area (Å²) in [6.07, 6.45) is 0.455. The van der Waals surface area contributed by atoms with Gasteiger partial charge in [0, 0.05) is 19.2 Å². The number of carbonyl (C=O) groups is 2. The molecule has 0 aliphatic heterocycles. The van der Waals surface area contributed by atoms with E-state index in [0.29, 0.717) is 24.2 Å². The van der Waals surface area contributed by atoms with E-state index in [-0.39, 0.29) is 11.3 Å². The van der Waals surface area contributed by atoms with E-state index >= 15 is 0 Å². The molecule has 0 atom stereocenters. The van der Waals surface area contributed by atoms with Crippen LogP contribution in [-0.4, -0.2) is 25.6 Å². The number of hydrogen-bond acceptors (Lipinski definition) is 5. The van der Waals surface area contributed by atoms with Crippen molar-refractivity contribution in [2.45, 2.75) is 13.3 Å². The molecule has 5 nitrogen and oxygen atoms in total. The Bertz CT molecular complexity index is 793. The molecule has 0 bridgehead atoms. The summed E-state index contributed by atoms with van der Waals surface area (Å²) in [7, 11) is 1.23. The summed E-state index contributed by atoms with van der Waals surface area (Å²) in [5.41, 5.74) is 1.34. The minimum atomic E-state index is -0.892. The van der Waals surface area contributed by atoms with Gasteiger partial charge in [-0.1, -0.05) is 6.07 Å². The Hall–Kier alpha value is -2.96. The second-order valence-corrected chi connectivity index (χ2v) is 5.22. The molecule has 0 heterocycles. The van der Waals surface area contributed by atoms with Gasteiger partial charge in [0.2, 0.25) is 0 Å². The molecule has 0 fully saturated rings. The Balaban J connectivity index is 2.07. The van der Waals surface area contributed by atoms with Gasteiger partial charge in [0.25, 0.3) is 0 Å². The van der Waals surface area contributed by atoms with E-state index in [9.17, 15) is 18.4 Å². The molecule has 2 rings (SSSR count). The number of hydrogen-bond donors (Lipinski definition) is 1. The monoisotopic (exact) mass is 349 g/mol. The standard InChI is InChI=1S/C18H17F2NO4/c1-11(22)25-17-6-4-13(10-14(17)18(23)24-2)21-8-7-12-3-5-15(19)16(20)9-12/h3-6,9-10,21H,7-8H2,1-2H3. The average molecular weight is 349 g/mol. The predicted molar refractivity (Wildman–Crippen MR) is 87.6 cm³/mol. The fraction of sp³-hybridized carbons (Fsp3) is 0.222. The second kappa shape index (κ2) is 8.23. The molecule has 2 aromatic rings. The fourth-order valence-corrected chi connectivity index (χ4v) is 2.20. The van der Waals surface area contributed by atoms with Gasteiger partial charge in [-0.2, -0.15) is 0 Å². The van der Waals surface area contributed by atoms with Crippen molar-refractivity contribution in [2.75, 3.05) is 19.0 Å². The molecule has 0 aliphatic rings. The van der Waals surface area contributed by atoms with Crippen LogP contribution in [0.4, 0.5) is 14.5 Å². The zero-order chi connectivity index (χ0) is 18.4. The van der Waals surface area contributed by atoms with Crippen LogP contribution in [0.1, 0.15) is 22.8 Å². The molecule has 0 radical (unpaired) electrons. The van der Waals surface area contributed by atoms with Gasteiger partial charge in [-0.15, -0.1) is 0 Å². The van der Waals surface area contributed by atoms with Gasteiger partial charge in [0.05, 0.1) is 7.11 Å². The molecule has 0 saturated carbocycles. The van der Waals surface area contributed by atoms with E-state index < -0.39 is 23.6 Å². The molecule has 0 aliphatic carbocycles. The quantitative estimate of drug-likeness (QED) is 0.640. The van der Waals surface area contributed by atoms with E-state index in [2.05, 4.69) is 10.1 Å². The molecule has 2 aromatic carbocycles. The molecule has 25 heavy (non-hydrogen) atoms. The van der Waals surface area contributed by atoms with Crippen LogP contribution in [0.5, 0.6) is 5.75 Å². The molecule has 0 amide bonds. The first kappa shape index (κ1) is 18.4. The van der Waals surface area contributed by atoms with E-state index in [0.717, 1.165) is 12.1 Å². The van der Waals surface area contributed by atoms with Crippen molar-refractivity contribution >= 4 is 17.6 Å². The first-order valence-corrected chi connectivity index (χ1v) is 7.49. The maximum Gasteiger partial charge on any atom is 0.341 e. The molecule has 7 heteroatoms. The average Bonchev–Trinajstić information content (AvgIpc) is 2.58. The normalized spacial score (nSPS) is 10.2. The summed E-state index contributed by atoms with van der Waals surface area (Å²) >= 11 is 0. The van der Waals surface area contributed by atoms with Crippen LogP contribution in [-0.2, 0) is 16.0 Å². The molecule has 0 aromatic heterocycles. The van der Waals surface area contributed by atoms with Gasteiger partial charge in [-0.25, -0.2) is 13.6 Å². The van der Waals surface area contributed by atoms with Crippen molar-refractivity contribution in [3.63, 3.8) is 0 Å². The number of rotatable bonds is 6. The number of esters is 2. The highest BCUT2D eigenvalue weighted by molar-refractivity contribution is 5.94. The molecular weight excluding hydrogens is 332 g/mol. The molecule has 0 saturated heterocycles. The van der Waals surface area contributed by atoms with Crippen molar-refractivity contribution in [2.24, 2.45) is 0 Å². The smallest absolute Gasteiger partial charge is 0.341 e. The van der Waals surface area contributed by atoms with E-state index in [1.807, 2.05) is 0 Å². The highest BCUT2D eigenvalue weighted by Crippen LogP contribution is 2.24. The Morgan fingerprint density at radius 3 is 2.48 bits per heavy atom. The van der Waals surface area contributed by atoms with Gasteiger partial charge < -0.3 is 14.8 Å². The van der Waals surface area contributed by atoms with E-state index in [4.69, 9.17) is 4.74 Å². The minimum Gasteiger partial charge on any atom is -0.465 e. The highest BCUT2D eigenvalue weighted by Gasteiger charge is 2.15. The van der Waals surface area contributed by atoms with Crippen molar-refractivity contribution in [3.05, 3.63) is 59.2 Å². The SMILES string of the molecule is COC(=O)c1cc(NCCc2ccc(F)c(F)c2)ccc1OC(C)=O. The summed E-state index contributed by atoms with van der Waals surface area (Å²) in [5.74, 6) is -2.87. The maximum atomic E-state index is 13.2. The van der Waals surface area contributed by atoms with Crippen molar-refractivity contribution in [1.29, 1.82) is 0 Å². The molecule has 1 N–H and O–H groups in total. The molecule has 0 unspecified atom stereocenters. The lowest BCUT2D eigenvalue weighted by Gasteiger charge is -2.11. The highest BCUT2D eigenvalue weighted by atomic mass is 19.2. The Labute approximate surface area is 143 Å². The van der Waals surface area contributed by atoms with Crippen LogP contribution in [0.25, 0.3) is 0 Å². The third-order valence-electron chi connectivity index (χ3n) is 3.37. The lowest BCUT2D eigenvalue weighted by Crippen LogP contribution is -2.11. The Morgan fingerprint density at radius 1 is 1.08 bits per heavy atom. The van der Waals surface area contributed by atoms with Crippen LogP contribution in [0.15, 0.2) is 36.4 Å². The first-order chi connectivity index (χ1) is 11.9. The van der Waals surface area contributed by atoms with Crippen molar-refractivity contribution in [1.82, 2.24) is 0 Å². The zero-order valence-corrected chi connectivity index (χ0v) is 13.8. The maximum absolute atomic E-state index is 13.2. The number of benzene rings is 2. The van der Waals surface area contributed by atoms with Crippen LogP contribution in [0.2, 0.25) is 0 Å². The van der Waals surface area contributed by atoms with Crippen molar-refractivity contribution in [3.8, 4) is 5.75 Å². The van der Waals surface area contributed by atoms with Crippen LogP contribution >= 0.6 is 0 Å². The lowest BCUT2D eigenvalue weighted by atomic mass is 10.1. The topological polar surface area (TPSA) is 64.6 Å². The van der Waals surface area contributed by atoms with E-state index in [1.165, 1.54) is 32.2 Å². The molecule has 132 valence electrons. The number of anilines is 1.